The van der Waals surface area contributed by atoms with Gasteiger partial charge >= 0.3 is 5.97 Å². The Morgan fingerprint density at radius 1 is 1.29 bits per heavy atom. The summed E-state index contributed by atoms with van der Waals surface area (Å²) in [5, 5.41) is 9.06. The fourth-order valence-electron chi connectivity index (χ4n) is 2.77. The van der Waals surface area contributed by atoms with Crippen LogP contribution in [-0.2, 0) is 16.0 Å². The van der Waals surface area contributed by atoms with E-state index in [1.165, 1.54) is 16.7 Å². The van der Waals surface area contributed by atoms with E-state index in [9.17, 15) is 9.59 Å². The van der Waals surface area contributed by atoms with E-state index in [2.05, 4.69) is 32.0 Å². The van der Waals surface area contributed by atoms with E-state index >= 15 is 0 Å². The number of carbonyl (C=O) groups is 2. The van der Waals surface area contributed by atoms with Crippen molar-refractivity contribution in [3.63, 3.8) is 0 Å². The maximum atomic E-state index is 12.2. The summed E-state index contributed by atoms with van der Waals surface area (Å²) in [7, 11) is 0. The number of rotatable bonds is 4. The van der Waals surface area contributed by atoms with E-state index in [1.807, 2.05) is 0 Å². The minimum Gasteiger partial charge on any atom is -0.481 e. The lowest BCUT2D eigenvalue weighted by Gasteiger charge is -2.30. The van der Waals surface area contributed by atoms with E-state index in [4.69, 9.17) is 5.11 Å². The van der Waals surface area contributed by atoms with Crippen molar-refractivity contribution in [3.8, 4) is 0 Å². The van der Waals surface area contributed by atoms with Gasteiger partial charge in [-0.15, -0.1) is 0 Å². The van der Waals surface area contributed by atoms with Gasteiger partial charge < -0.3 is 10.0 Å². The zero-order valence-electron chi connectivity index (χ0n) is 12.8. The van der Waals surface area contributed by atoms with Gasteiger partial charge in [-0.3, -0.25) is 9.59 Å². The Kier molecular flexibility index (Phi) is 4.99. The fourth-order valence-corrected chi connectivity index (χ4v) is 2.77. The molecule has 1 N–H and O–H groups in total. The smallest absolute Gasteiger partial charge is 0.308 e. The normalized spacial score (nSPS) is 18.6. The Labute approximate surface area is 125 Å². The molecule has 0 bridgehead atoms. The minimum atomic E-state index is -0.790. The highest BCUT2D eigenvalue weighted by Crippen LogP contribution is 2.18. The number of nitrogens with zero attached hydrogens (tertiary/aromatic N) is 1. The molecule has 1 unspecified atom stereocenters. The lowest BCUT2D eigenvalue weighted by atomic mass is 9.97. The number of aliphatic carboxylic acids is 1. The number of hydrogen-bond acceptors (Lipinski definition) is 2. The molecule has 1 heterocycles. The third kappa shape index (κ3) is 4.06. The molecule has 0 aromatic heterocycles. The fraction of sp³-hybridized carbons (Fsp3) is 0.529. The number of aryl methyl sites for hydroxylation is 3. The van der Waals surface area contributed by atoms with Crippen molar-refractivity contribution in [1.29, 1.82) is 0 Å². The Bertz CT molecular complexity index is 539. The van der Waals surface area contributed by atoms with Crippen LogP contribution in [0.4, 0.5) is 0 Å². The molecule has 1 amide bonds. The highest BCUT2D eigenvalue weighted by atomic mass is 16.4. The summed E-state index contributed by atoms with van der Waals surface area (Å²) in [6.07, 6.45) is 2.63. The van der Waals surface area contributed by atoms with Crippen LogP contribution in [0.15, 0.2) is 18.2 Å². The van der Waals surface area contributed by atoms with Gasteiger partial charge in [0.1, 0.15) is 0 Å². The largest absolute Gasteiger partial charge is 0.481 e. The number of carbonyl (C=O) groups excluding carboxylic acids is 1. The van der Waals surface area contributed by atoms with Crippen LogP contribution in [-0.4, -0.2) is 35.0 Å². The summed E-state index contributed by atoms with van der Waals surface area (Å²) in [4.78, 5) is 25.0. The van der Waals surface area contributed by atoms with Gasteiger partial charge in [0.25, 0.3) is 0 Å². The van der Waals surface area contributed by atoms with Crippen molar-refractivity contribution in [2.45, 2.75) is 39.5 Å². The highest BCUT2D eigenvalue weighted by Gasteiger charge is 2.27. The van der Waals surface area contributed by atoms with E-state index in [0.717, 1.165) is 6.42 Å². The number of piperidine rings is 1. The molecule has 1 saturated heterocycles. The van der Waals surface area contributed by atoms with Crippen LogP contribution >= 0.6 is 0 Å². The van der Waals surface area contributed by atoms with E-state index in [0.29, 0.717) is 32.4 Å². The summed E-state index contributed by atoms with van der Waals surface area (Å²) >= 11 is 0. The highest BCUT2D eigenvalue weighted by molar-refractivity contribution is 5.78. The predicted octanol–water partition coefficient (Wildman–Crippen LogP) is 2.56. The quantitative estimate of drug-likeness (QED) is 0.926. The van der Waals surface area contributed by atoms with Crippen LogP contribution in [0.5, 0.6) is 0 Å². The number of carboxylic acid groups (broad SMARTS) is 1. The molecule has 21 heavy (non-hydrogen) atoms. The average Bonchev–Trinajstić information content (AvgIpc) is 2.48. The number of carboxylic acids is 1. The van der Waals surface area contributed by atoms with Crippen molar-refractivity contribution < 1.29 is 14.7 Å². The predicted molar refractivity (Wildman–Crippen MR) is 81.2 cm³/mol. The molecule has 1 fully saturated rings. The number of amides is 1. The second-order valence-electron chi connectivity index (χ2n) is 5.94. The Morgan fingerprint density at radius 2 is 2.05 bits per heavy atom. The Balaban J connectivity index is 1.89. The second-order valence-corrected chi connectivity index (χ2v) is 5.94. The first-order valence-corrected chi connectivity index (χ1v) is 7.54. The van der Waals surface area contributed by atoms with Gasteiger partial charge in [0.2, 0.25) is 5.91 Å². The van der Waals surface area contributed by atoms with E-state index < -0.39 is 11.9 Å². The molecule has 2 rings (SSSR count). The molecule has 0 saturated carbocycles. The minimum absolute atomic E-state index is 0.0687. The maximum absolute atomic E-state index is 12.2. The molecule has 114 valence electrons. The third-order valence-corrected chi connectivity index (χ3v) is 4.32. The molecule has 1 aliphatic rings. The van der Waals surface area contributed by atoms with Gasteiger partial charge in [0, 0.05) is 19.5 Å². The molecule has 1 aliphatic heterocycles. The molecule has 0 radical (unpaired) electrons. The first-order valence-electron chi connectivity index (χ1n) is 7.54. The zero-order valence-corrected chi connectivity index (χ0v) is 12.8. The van der Waals surface area contributed by atoms with Gasteiger partial charge in [-0.05, 0) is 49.8 Å². The van der Waals surface area contributed by atoms with Crippen LogP contribution in [0.3, 0.4) is 0 Å². The van der Waals surface area contributed by atoms with Gasteiger partial charge in [0.05, 0.1) is 5.92 Å². The molecule has 1 aromatic rings. The van der Waals surface area contributed by atoms with Crippen LogP contribution < -0.4 is 0 Å². The monoisotopic (exact) mass is 289 g/mol. The van der Waals surface area contributed by atoms with Crippen molar-refractivity contribution in [2.24, 2.45) is 5.92 Å². The first kappa shape index (κ1) is 15.5. The molecular formula is C17H23NO3. The van der Waals surface area contributed by atoms with Crippen molar-refractivity contribution in [3.05, 3.63) is 34.9 Å². The summed E-state index contributed by atoms with van der Waals surface area (Å²) in [6, 6.07) is 6.27. The Hall–Kier alpha value is -1.84. The van der Waals surface area contributed by atoms with Crippen molar-refractivity contribution >= 4 is 11.9 Å². The molecule has 0 aliphatic carbocycles. The van der Waals surface area contributed by atoms with Crippen LogP contribution in [0.1, 0.15) is 36.0 Å². The maximum Gasteiger partial charge on any atom is 0.308 e. The van der Waals surface area contributed by atoms with Gasteiger partial charge in [-0.1, -0.05) is 18.2 Å². The van der Waals surface area contributed by atoms with Crippen LogP contribution in [0.25, 0.3) is 0 Å². The standard InChI is InChI=1S/C17H23NO3/c1-12-5-6-14(10-13(12)2)7-8-16(19)18-9-3-4-15(11-18)17(20)21/h5-6,10,15H,3-4,7-9,11H2,1-2H3,(H,20,21). The van der Waals surface area contributed by atoms with Crippen LogP contribution in [0.2, 0.25) is 0 Å². The van der Waals surface area contributed by atoms with Crippen molar-refractivity contribution in [1.82, 2.24) is 4.90 Å². The third-order valence-electron chi connectivity index (χ3n) is 4.32. The number of likely N-dealkylation sites (tertiary alicyclic amines) is 1. The number of benzene rings is 1. The average molecular weight is 289 g/mol. The van der Waals surface area contributed by atoms with Crippen LogP contribution in [0, 0.1) is 19.8 Å². The molecule has 4 nitrogen and oxygen atoms in total. The molecular weight excluding hydrogens is 266 g/mol. The van der Waals surface area contributed by atoms with E-state index in [-0.39, 0.29) is 5.91 Å². The summed E-state index contributed by atoms with van der Waals surface area (Å²) in [5.41, 5.74) is 3.66. The summed E-state index contributed by atoms with van der Waals surface area (Å²) < 4.78 is 0. The number of hydrogen-bond donors (Lipinski definition) is 1. The topological polar surface area (TPSA) is 57.6 Å². The molecule has 1 aromatic carbocycles. The summed E-state index contributed by atoms with van der Waals surface area (Å²) in [5.74, 6) is -1.12. The lowest BCUT2D eigenvalue weighted by Crippen LogP contribution is -2.42. The molecule has 4 heteroatoms. The first-order chi connectivity index (χ1) is 9.97. The zero-order chi connectivity index (χ0) is 15.4. The lowest BCUT2D eigenvalue weighted by molar-refractivity contribution is -0.145. The van der Waals surface area contributed by atoms with Gasteiger partial charge in [0.15, 0.2) is 0 Å². The van der Waals surface area contributed by atoms with E-state index in [1.54, 1.807) is 4.90 Å². The van der Waals surface area contributed by atoms with Gasteiger partial charge in [-0.2, -0.15) is 0 Å². The van der Waals surface area contributed by atoms with Crippen molar-refractivity contribution in [2.75, 3.05) is 13.1 Å². The molecule has 1 atom stereocenters. The van der Waals surface area contributed by atoms with Gasteiger partial charge in [-0.25, -0.2) is 0 Å². The summed E-state index contributed by atoms with van der Waals surface area (Å²) in [6.45, 7) is 5.20. The second kappa shape index (κ2) is 6.74. The molecule has 0 spiro atoms. The SMILES string of the molecule is Cc1ccc(CCC(=O)N2CCCC(C(=O)O)C2)cc1C. The Morgan fingerprint density at radius 3 is 2.71 bits per heavy atom.